The van der Waals surface area contributed by atoms with Gasteiger partial charge in [0.25, 0.3) is 5.91 Å². The molecule has 11 heteroatoms. The van der Waals surface area contributed by atoms with Crippen LogP contribution in [0.2, 0.25) is 5.02 Å². The molecular weight excluding hydrogens is 475 g/mol. The van der Waals surface area contributed by atoms with E-state index in [9.17, 15) is 27.6 Å². The maximum Gasteiger partial charge on any atom is 0.416 e. The molecule has 3 aromatic rings. The van der Waals surface area contributed by atoms with Crippen LogP contribution in [0.25, 0.3) is 5.69 Å². The van der Waals surface area contributed by atoms with Crippen molar-refractivity contribution in [2.75, 3.05) is 7.11 Å². The van der Waals surface area contributed by atoms with Crippen LogP contribution in [0.15, 0.2) is 59.4 Å². The van der Waals surface area contributed by atoms with Gasteiger partial charge in [-0.15, -0.1) is 0 Å². The summed E-state index contributed by atoms with van der Waals surface area (Å²) >= 11 is 5.90. The normalized spacial score (nSPS) is 12.2. The average Bonchev–Trinajstić information content (AvgIpc) is 2.78. The molecule has 1 atom stereocenters. The number of nitrogens with one attached hydrogen (secondary N) is 1. The van der Waals surface area contributed by atoms with Crippen LogP contribution in [-0.4, -0.2) is 28.8 Å². The van der Waals surface area contributed by atoms with Crippen LogP contribution >= 0.6 is 11.6 Å². The molecule has 0 aliphatic rings. The Balaban J connectivity index is 1.98. The van der Waals surface area contributed by atoms with Gasteiger partial charge in [-0.25, -0.2) is 4.68 Å². The van der Waals surface area contributed by atoms with Crippen molar-refractivity contribution >= 4 is 23.5 Å². The summed E-state index contributed by atoms with van der Waals surface area (Å²) in [7, 11) is 1.19. The van der Waals surface area contributed by atoms with Gasteiger partial charge in [-0.1, -0.05) is 29.8 Å². The van der Waals surface area contributed by atoms with Crippen LogP contribution in [0.5, 0.6) is 0 Å². The van der Waals surface area contributed by atoms with Gasteiger partial charge < -0.3 is 10.1 Å². The molecule has 1 aromatic heterocycles. The van der Waals surface area contributed by atoms with Gasteiger partial charge >= 0.3 is 12.1 Å². The van der Waals surface area contributed by atoms with Gasteiger partial charge in [-0.3, -0.25) is 14.4 Å². The molecule has 0 aliphatic carbocycles. The number of halogens is 4. The van der Waals surface area contributed by atoms with E-state index in [0.29, 0.717) is 10.6 Å². The zero-order valence-corrected chi connectivity index (χ0v) is 18.8. The lowest BCUT2D eigenvalue weighted by molar-refractivity contribution is -0.141. The predicted molar refractivity (Wildman–Crippen MR) is 118 cm³/mol. The van der Waals surface area contributed by atoms with Gasteiger partial charge in [-0.2, -0.15) is 18.3 Å². The Morgan fingerprint density at radius 3 is 2.44 bits per heavy atom. The Kier molecular flexibility index (Phi) is 7.41. The van der Waals surface area contributed by atoms with Crippen LogP contribution in [0, 0.1) is 6.92 Å². The second kappa shape index (κ2) is 10.1. The molecule has 7 nitrogen and oxygen atoms in total. The van der Waals surface area contributed by atoms with Crippen LogP contribution < -0.4 is 10.7 Å². The number of aryl methyl sites for hydroxylation is 1. The summed E-state index contributed by atoms with van der Waals surface area (Å²) in [6, 6.07) is 10.9. The number of benzene rings is 2. The standard InChI is InChI=1S/C23H19ClF3N3O4/c1-13-10-19(31)21(29-30(13)17-5-3-4-15(11-17)23(25,26)27)22(33)28-18(12-20(32)34-2)14-6-8-16(24)9-7-14/h3-11,18H,12H2,1-2H3,(H,28,33). The van der Waals surface area contributed by atoms with E-state index in [1.165, 1.54) is 26.2 Å². The highest BCUT2D eigenvalue weighted by Crippen LogP contribution is 2.30. The lowest BCUT2D eigenvalue weighted by Crippen LogP contribution is -2.35. The van der Waals surface area contributed by atoms with Gasteiger partial charge in [0.05, 0.1) is 30.8 Å². The van der Waals surface area contributed by atoms with Crippen LogP contribution in [-0.2, 0) is 15.7 Å². The number of alkyl halides is 3. The zero-order valence-electron chi connectivity index (χ0n) is 18.0. The fourth-order valence-corrected chi connectivity index (χ4v) is 3.33. The van der Waals surface area contributed by atoms with Crippen LogP contribution in [0.1, 0.15) is 39.8 Å². The highest BCUT2D eigenvalue weighted by atomic mass is 35.5. The summed E-state index contributed by atoms with van der Waals surface area (Å²) < 4.78 is 45.1. The van der Waals surface area contributed by atoms with Gasteiger partial charge in [-0.05, 0) is 42.8 Å². The van der Waals surface area contributed by atoms with Crippen LogP contribution in [0.4, 0.5) is 13.2 Å². The van der Waals surface area contributed by atoms with E-state index in [1.807, 2.05) is 0 Å². The van der Waals surface area contributed by atoms with Crippen molar-refractivity contribution in [3.05, 3.63) is 92.4 Å². The monoisotopic (exact) mass is 493 g/mol. The Hall–Kier alpha value is -3.66. The number of rotatable bonds is 6. The number of carbonyl (C=O) groups excluding carboxylic acids is 2. The van der Waals surface area contributed by atoms with E-state index >= 15 is 0 Å². The summed E-state index contributed by atoms with van der Waals surface area (Å²) in [6.45, 7) is 1.48. The minimum Gasteiger partial charge on any atom is -0.469 e. The fourth-order valence-electron chi connectivity index (χ4n) is 3.20. The number of aromatic nitrogens is 2. The van der Waals surface area contributed by atoms with Gasteiger partial charge in [0.1, 0.15) is 0 Å². The number of methoxy groups -OCH3 is 1. The van der Waals surface area contributed by atoms with Crippen molar-refractivity contribution in [3.63, 3.8) is 0 Å². The third-order valence-electron chi connectivity index (χ3n) is 4.92. The molecule has 2 aromatic carbocycles. The summed E-state index contributed by atoms with van der Waals surface area (Å²) in [5, 5.41) is 7.02. The molecular formula is C23H19ClF3N3O4. The highest BCUT2D eigenvalue weighted by molar-refractivity contribution is 6.30. The molecule has 1 unspecified atom stereocenters. The molecule has 0 saturated heterocycles. The largest absolute Gasteiger partial charge is 0.469 e. The Labute approximate surface area is 197 Å². The maximum absolute atomic E-state index is 13.1. The zero-order chi connectivity index (χ0) is 25.0. The predicted octanol–water partition coefficient (Wildman–Crippen LogP) is 4.25. The molecule has 0 bridgehead atoms. The number of hydrogen-bond acceptors (Lipinski definition) is 5. The first-order valence-corrected chi connectivity index (χ1v) is 10.3. The van der Waals surface area contributed by atoms with E-state index < -0.39 is 40.8 Å². The first-order valence-electron chi connectivity index (χ1n) is 9.91. The van der Waals surface area contributed by atoms with Gasteiger partial charge in [0.2, 0.25) is 5.43 Å². The minimum atomic E-state index is -4.58. The number of hydrogen-bond donors (Lipinski definition) is 1. The quantitative estimate of drug-likeness (QED) is 0.519. The molecule has 0 saturated carbocycles. The Bertz CT molecular complexity index is 1270. The van der Waals surface area contributed by atoms with Crippen molar-refractivity contribution in [1.29, 1.82) is 0 Å². The smallest absolute Gasteiger partial charge is 0.416 e. The number of nitrogens with zero attached hydrogens (tertiary/aromatic N) is 2. The van der Waals surface area contributed by atoms with Crippen molar-refractivity contribution in [2.24, 2.45) is 0 Å². The Morgan fingerprint density at radius 2 is 1.82 bits per heavy atom. The third kappa shape index (κ3) is 5.82. The minimum absolute atomic E-state index is 0.0187. The summed E-state index contributed by atoms with van der Waals surface area (Å²) in [4.78, 5) is 37.3. The van der Waals surface area contributed by atoms with E-state index in [0.717, 1.165) is 22.9 Å². The molecule has 178 valence electrons. The molecule has 0 aliphatic heterocycles. The number of ether oxygens (including phenoxy) is 1. The summed E-state index contributed by atoms with van der Waals surface area (Å²) in [6.07, 6.45) is -4.82. The molecule has 1 amide bonds. The van der Waals surface area contributed by atoms with Gasteiger partial charge in [0, 0.05) is 16.8 Å². The van der Waals surface area contributed by atoms with Crippen molar-refractivity contribution < 1.29 is 27.5 Å². The van der Waals surface area contributed by atoms with E-state index in [4.69, 9.17) is 11.6 Å². The highest BCUT2D eigenvalue weighted by Gasteiger charge is 2.31. The molecule has 1 heterocycles. The Morgan fingerprint density at radius 1 is 1.15 bits per heavy atom. The third-order valence-corrected chi connectivity index (χ3v) is 5.17. The lowest BCUT2D eigenvalue weighted by Gasteiger charge is -2.19. The molecule has 0 fully saturated rings. The van der Waals surface area contributed by atoms with E-state index in [1.54, 1.807) is 24.3 Å². The molecule has 34 heavy (non-hydrogen) atoms. The van der Waals surface area contributed by atoms with Crippen LogP contribution in [0.3, 0.4) is 0 Å². The molecule has 0 spiro atoms. The number of amides is 1. The summed E-state index contributed by atoms with van der Waals surface area (Å²) in [5.74, 6) is -1.52. The first kappa shape index (κ1) is 25.0. The lowest BCUT2D eigenvalue weighted by atomic mass is 10.0. The number of esters is 1. The van der Waals surface area contributed by atoms with E-state index in [-0.39, 0.29) is 17.8 Å². The number of carbonyl (C=O) groups is 2. The summed E-state index contributed by atoms with van der Waals surface area (Å²) in [5.41, 5.74) is -1.42. The topological polar surface area (TPSA) is 90.3 Å². The second-order valence-corrected chi connectivity index (χ2v) is 7.75. The van der Waals surface area contributed by atoms with E-state index in [2.05, 4.69) is 15.2 Å². The first-order chi connectivity index (χ1) is 16.0. The van der Waals surface area contributed by atoms with Gasteiger partial charge in [0.15, 0.2) is 5.69 Å². The van der Waals surface area contributed by atoms with Crippen molar-refractivity contribution in [3.8, 4) is 5.69 Å². The second-order valence-electron chi connectivity index (χ2n) is 7.32. The fraction of sp³-hybridized carbons (Fsp3) is 0.217. The maximum atomic E-state index is 13.1. The molecule has 0 radical (unpaired) electrons. The molecule has 1 N–H and O–H groups in total. The average molecular weight is 494 g/mol. The molecule has 3 rings (SSSR count). The van der Waals surface area contributed by atoms with Crippen molar-refractivity contribution in [1.82, 2.24) is 15.1 Å². The van der Waals surface area contributed by atoms with Crippen molar-refractivity contribution in [2.45, 2.75) is 25.6 Å². The SMILES string of the molecule is COC(=O)CC(NC(=O)c1nn(-c2cccc(C(F)(F)F)c2)c(C)cc1=O)c1ccc(Cl)cc1.